The molecule has 4 aromatic carbocycles. The molecule has 0 aliphatic heterocycles. The van der Waals surface area contributed by atoms with Gasteiger partial charge in [-0.25, -0.2) is 8.42 Å². The van der Waals surface area contributed by atoms with E-state index >= 15 is 0 Å². The van der Waals surface area contributed by atoms with Crippen LogP contribution in [0.15, 0.2) is 108 Å². The summed E-state index contributed by atoms with van der Waals surface area (Å²) in [5.41, 5.74) is 1.74. The van der Waals surface area contributed by atoms with Gasteiger partial charge < -0.3 is 19.7 Å². The number of halogens is 1. The van der Waals surface area contributed by atoms with Gasteiger partial charge in [-0.3, -0.25) is 13.9 Å². The lowest BCUT2D eigenvalue weighted by Gasteiger charge is -2.34. The molecule has 4 aromatic rings. The van der Waals surface area contributed by atoms with Crippen molar-refractivity contribution in [2.24, 2.45) is 0 Å². The van der Waals surface area contributed by atoms with Crippen LogP contribution in [0, 0.1) is 0 Å². The minimum Gasteiger partial charge on any atom is -0.497 e. The van der Waals surface area contributed by atoms with E-state index < -0.39 is 28.5 Å². The normalized spacial score (nSPS) is 13.8. The van der Waals surface area contributed by atoms with Crippen LogP contribution in [0.2, 0.25) is 5.02 Å². The first-order valence-electron chi connectivity index (χ1n) is 15.9. The molecule has 11 heteroatoms. The number of anilines is 1. The number of amides is 2. The van der Waals surface area contributed by atoms with Gasteiger partial charge in [-0.2, -0.15) is 0 Å². The van der Waals surface area contributed by atoms with Crippen molar-refractivity contribution >= 4 is 39.1 Å². The van der Waals surface area contributed by atoms with E-state index in [1.165, 1.54) is 31.3 Å². The Morgan fingerprint density at radius 2 is 1.52 bits per heavy atom. The van der Waals surface area contributed by atoms with Crippen LogP contribution in [0.1, 0.15) is 36.8 Å². The minimum absolute atomic E-state index is 0.0134. The van der Waals surface area contributed by atoms with E-state index in [1.54, 1.807) is 54.6 Å². The zero-order valence-electron chi connectivity index (χ0n) is 27.0. The van der Waals surface area contributed by atoms with Gasteiger partial charge in [0.15, 0.2) is 0 Å². The molecule has 1 N–H and O–H groups in total. The van der Waals surface area contributed by atoms with E-state index in [-0.39, 0.29) is 41.2 Å². The molecule has 0 saturated heterocycles. The SMILES string of the molecule is COc1ccc(S(=O)(=O)N(CC(=O)N(Cc2cccc(Cl)c2)[C@@H](Cc2ccccc2)C(=O)NC2CCCC2)c2ccccc2OC)cc1. The van der Waals surface area contributed by atoms with Crippen molar-refractivity contribution < 1.29 is 27.5 Å². The summed E-state index contributed by atoms with van der Waals surface area (Å²) in [6, 6.07) is 28.2. The molecule has 0 radical (unpaired) electrons. The fraction of sp³-hybridized carbons (Fsp3) is 0.297. The van der Waals surface area contributed by atoms with Crippen molar-refractivity contribution in [2.45, 2.75) is 55.6 Å². The van der Waals surface area contributed by atoms with Crippen LogP contribution in [0.25, 0.3) is 0 Å². The average molecular weight is 690 g/mol. The van der Waals surface area contributed by atoms with Gasteiger partial charge in [-0.1, -0.05) is 79.0 Å². The first kappa shape index (κ1) is 34.8. The second-order valence-corrected chi connectivity index (χ2v) is 14.0. The number of para-hydroxylation sites is 2. The van der Waals surface area contributed by atoms with Crippen LogP contribution in [0.4, 0.5) is 5.69 Å². The van der Waals surface area contributed by atoms with Crippen LogP contribution >= 0.6 is 11.6 Å². The molecule has 1 saturated carbocycles. The van der Waals surface area contributed by atoms with Crippen molar-refractivity contribution in [2.75, 3.05) is 25.1 Å². The summed E-state index contributed by atoms with van der Waals surface area (Å²) in [6.45, 7) is -0.575. The number of benzene rings is 4. The third-order valence-corrected chi connectivity index (χ3v) is 10.5. The predicted octanol–water partition coefficient (Wildman–Crippen LogP) is 6.25. The van der Waals surface area contributed by atoms with Crippen molar-refractivity contribution in [3.8, 4) is 11.5 Å². The predicted molar refractivity (Wildman–Crippen MR) is 187 cm³/mol. The Balaban J connectivity index is 1.59. The van der Waals surface area contributed by atoms with Gasteiger partial charge in [0, 0.05) is 24.0 Å². The van der Waals surface area contributed by atoms with Gasteiger partial charge in [0.05, 0.1) is 24.8 Å². The Bertz CT molecular complexity index is 1800. The monoisotopic (exact) mass is 689 g/mol. The van der Waals surface area contributed by atoms with E-state index in [9.17, 15) is 18.0 Å². The number of nitrogens with one attached hydrogen (secondary N) is 1. The van der Waals surface area contributed by atoms with E-state index in [2.05, 4.69) is 5.32 Å². The molecule has 0 unspecified atom stereocenters. The topological polar surface area (TPSA) is 105 Å². The van der Waals surface area contributed by atoms with Crippen LogP contribution in [0.5, 0.6) is 11.5 Å². The highest BCUT2D eigenvalue weighted by Crippen LogP contribution is 2.33. The lowest BCUT2D eigenvalue weighted by atomic mass is 10.0. The Labute approximate surface area is 287 Å². The van der Waals surface area contributed by atoms with E-state index in [4.69, 9.17) is 21.1 Å². The van der Waals surface area contributed by atoms with Gasteiger partial charge >= 0.3 is 0 Å². The Kier molecular flexibility index (Phi) is 11.6. The standard InChI is InChI=1S/C37H40ClN3O6S/c1-46-31-19-21-32(22-20-31)48(44,45)41(33-17-8-9-18-35(33)47-2)26-36(42)40(25-28-13-10-14-29(38)23-28)34(24-27-11-4-3-5-12-27)37(43)39-30-15-6-7-16-30/h3-5,8-14,17-23,30,34H,6-7,15-16,24-26H2,1-2H3,(H,39,43)/t34-/m0/s1. The third kappa shape index (κ3) is 8.48. The van der Waals surface area contributed by atoms with Gasteiger partial charge in [-0.05, 0) is 72.5 Å². The molecule has 0 aromatic heterocycles. The Hall–Kier alpha value is -4.54. The molecule has 0 spiro atoms. The number of carbonyl (C=O) groups is 2. The highest BCUT2D eigenvalue weighted by Gasteiger charge is 2.36. The van der Waals surface area contributed by atoms with Gasteiger partial charge in [-0.15, -0.1) is 0 Å². The van der Waals surface area contributed by atoms with Crippen molar-refractivity contribution in [1.82, 2.24) is 10.2 Å². The fourth-order valence-corrected chi connectivity index (χ4v) is 7.62. The zero-order valence-corrected chi connectivity index (χ0v) is 28.6. The second-order valence-electron chi connectivity index (χ2n) is 11.7. The molecule has 0 bridgehead atoms. The fourth-order valence-electron chi connectivity index (χ4n) is 5.98. The molecule has 0 heterocycles. The van der Waals surface area contributed by atoms with Gasteiger partial charge in [0.2, 0.25) is 11.8 Å². The third-order valence-electron chi connectivity index (χ3n) is 8.49. The average Bonchev–Trinajstić information content (AvgIpc) is 3.62. The molecule has 48 heavy (non-hydrogen) atoms. The molecule has 2 amide bonds. The molecule has 5 rings (SSSR count). The Morgan fingerprint density at radius 3 is 2.19 bits per heavy atom. The highest BCUT2D eigenvalue weighted by atomic mass is 35.5. The summed E-state index contributed by atoms with van der Waals surface area (Å²) < 4.78 is 40.5. The smallest absolute Gasteiger partial charge is 0.264 e. The summed E-state index contributed by atoms with van der Waals surface area (Å²) in [7, 11) is -1.38. The largest absolute Gasteiger partial charge is 0.497 e. The quantitative estimate of drug-likeness (QED) is 0.168. The number of sulfonamides is 1. The van der Waals surface area contributed by atoms with Gasteiger partial charge in [0.1, 0.15) is 24.1 Å². The van der Waals surface area contributed by atoms with Crippen molar-refractivity contribution in [1.29, 1.82) is 0 Å². The number of methoxy groups -OCH3 is 2. The first-order valence-corrected chi connectivity index (χ1v) is 17.7. The lowest BCUT2D eigenvalue weighted by Crippen LogP contribution is -2.54. The number of ether oxygens (including phenoxy) is 2. The number of nitrogens with zero attached hydrogens (tertiary/aromatic N) is 2. The molecule has 252 valence electrons. The van der Waals surface area contributed by atoms with Crippen LogP contribution < -0.4 is 19.1 Å². The zero-order chi connectivity index (χ0) is 34.1. The van der Waals surface area contributed by atoms with Crippen molar-refractivity contribution in [3.63, 3.8) is 0 Å². The molecular weight excluding hydrogens is 650 g/mol. The maximum absolute atomic E-state index is 14.7. The summed E-state index contributed by atoms with van der Waals surface area (Å²) in [4.78, 5) is 30.3. The summed E-state index contributed by atoms with van der Waals surface area (Å²) in [5, 5.41) is 3.66. The first-order chi connectivity index (χ1) is 23.2. The van der Waals surface area contributed by atoms with Gasteiger partial charge in [0.25, 0.3) is 10.0 Å². The second kappa shape index (κ2) is 16.0. The lowest BCUT2D eigenvalue weighted by molar-refractivity contribution is -0.140. The van der Waals surface area contributed by atoms with Crippen LogP contribution in [-0.4, -0.2) is 58.0 Å². The summed E-state index contributed by atoms with van der Waals surface area (Å²) in [6.07, 6.45) is 4.01. The van der Waals surface area contributed by atoms with Crippen LogP contribution in [-0.2, 0) is 32.6 Å². The summed E-state index contributed by atoms with van der Waals surface area (Å²) in [5.74, 6) is -0.106. The van der Waals surface area contributed by atoms with Crippen LogP contribution in [0.3, 0.4) is 0 Å². The summed E-state index contributed by atoms with van der Waals surface area (Å²) >= 11 is 6.35. The number of carbonyl (C=O) groups excluding carboxylic acids is 2. The Morgan fingerprint density at radius 1 is 0.854 bits per heavy atom. The maximum Gasteiger partial charge on any atom is 0.264 e. The minimum atomic E-state index is -4.31. The molecular formula is C37H40ClN3O6S. The maximum atomic E-state index is 14.7. The molecule has 1 aliphatic carbocycles. The van der Waals surface area contributed by atoms with Crippen molar-refractivity contribution in [3.05, 3.63) is 119 Å². The highest BCUT2D eigenvalue weighted by molar-refractivity contribution is 7.92. The van der Waals surface area contributed by atoms with E-state index in [1.807, 2.05) is 36.4 Å². The molecule has 9 nitrogen and oxygen atoms in total. The number of hydrogen-bond donors (Lipinski definition) is 1. The molecule has 1 atom stereocenters. The number of rotatable bonds is 14. The molecule has 1 aliphatic rings. The molecule has 1 fully saturated rings. The number of hydrogen-bond acceptors (Lipinski definition) is 6. The van der Waals surface area contributed by atoms with E-state index in [0.29, 0.717) is 16.3 Å². The van der Waals surface area contributed by atoms with E-state index in [0.717, 1.165) is 35.6 Å².